The van der Waals surface area contributed by atoms with Gasteiger partial charge >= 0.3 is 0 Å². The highest BCUT2D eigenvalue weighted by atomic mass is 28.3. The molecule has 0 radical (unpaired) electrons. The minimum absolute atomic E-state index is 0.0289. The third kappa shape index (κ3) is 3.02. The average molecular weight is 384 g/mol. The lowest BCUT2D eigenvalue weighted by atomic mass is 9.95. The summed E-state index contributed by atoms with van der Waals surface area (Å²) in [7, 11) is -1.87. The fraction of sp³-hybridized carbons (Fsp3) is 0.364. The van der Waals surface area contributed by atoms with Gasteiger partial charge in [-0.05, 0) is 35.7 Å². The van der Waals surface area contributed by atoms with Crippen molar-refractivity contribution in [3.8, 4) is 17.2 Å². The number of nitrogens with zero attached hydrogens (tertiary/aromatic N) is 1. The minimum Gasteiger partial charge on any atom is -0.294 e. The van der Waals surface area contributed by atoms with E-state index in [0.717, 1.165) is 24.2 Å². The van der Waals surface area contributed by atoms with E-state index in [1.807, 2.05) is 6.07 Å². The van der Waals surface area contributed by atoms with Gasteiger partial charge in [-0.15, -0.1) is 0 Å². The fourth-order valence-corrected chi connectivity index (χ4v) is 8.94. The largest absolute Gasteiger partial charge is 0.294 e. The summed E-state index contributed by atoms with van der Waals surface area (Å²) in [5.74, 6) is -1.97. The van der Waals surface area contributed by atoms with Crippen LogP contribution < -0.4 is 0 Å². The normalized spacial score (nSPS) is 16.3. The van der Waals surface area contributed by atoms with Gasteiger partial charge < -0.3 is 0 Å². The predicted molar refractivity (Wildman–Crippen MR) is 105 cm³/mol. The molecule has 2 aromatic rings. The molecule has 5 heteroatoms. The Kier molecular flexibility index (Phi) is 5.30. The third-order valence-electron chi connectivity index (χ3n) is 6.45. The van der Waals surface area contributed by atoms with Crippen molar-refractivity contribution in [1.29, 1.82) is 5.26 Å². The van der Waals surface area contributed by atoms with Crippen LogP contribution in [0.5, 0.6) is 0 Å². The quantitative estimate of drug-likeness (QED) is 0.584. The van der Waals surface area contributed by atoms with Crippen LogP contribution in [0.2, 0.25) is 23.7 Å². The maximum absolute atomic E-state index is 14.8. The first kappa shape index (κ1) is 19.4. The second-order valence-corrected chi connectivity index (χ2v) is 12.9. The summed E-state index contributed by atoms with van der Waals surface area (Å²) in [5, 5.41) is 9.15. The Hall–Kier alpha value is -2.32. The van der Waals surface area contributed by atoms with E-state index in [-0.39, 0.29) is 16.9 Å². The van der Waals surface area contributed by atoms with Crippen LogP contribution in [0.25, 0.3) is 11.1 Å². The van der Waals surface area contributed by atoms with Crippen molar-refractivity contribution in [3.05, 3.63) is 58.7 Å². The molecule has 0 aromatic heterocycles. The predicted octanol–water partition coefficient (Wildman–Crippen LogP) is 6.12. The molecule has 0 heterocycles. The van der Waals surface area contributed by atoms with Crippen molar-refractivity contribution in [3.63, 3.8) is 0 Å². The summed E-state index contributed by atoms with van der Waals surface area (Å²) in [6.45, 7) is 6.40. The molecule has 2 aromatic carbocycles. The zero-order valence-corrected chi connectivity index (χ0v) is 16.9. The Morgan fingerprint density at radius 3 is 2.41 bits per heavy atom. The molecular formula is C22H23F2NOSi. The molecule has 0 bridgehead atoms. The number of rotatable bonds is 5. The lowest BCUT2D eigenvalue weighted by Crippen LogP contribution is -2.40. The van der Waals surface area contributed by atoms with E-state index in [0.29, 0.717) is 28.7 Å². The van der Waals surface area contributed by atoms with Crippen LogP contribution >= 0.6 is 0 Å². The molecule has 1 aliphatic rings. The highest BCUT2D eigenvalue weighted by Crippen LogP contribution is 2.47. The number of hydrogen-bond donors (Lipinski definition) is 0. The van der Waals surface area contributed by atoms with Crippen LogP contribution in [-0.2, 0) is 6.42 Å². The van der Waals surface area contributed by atoms with E-state index in [1.54, 1.807) is 24.3 Å². The summed E-state index contributed by atoms with van der Waals surface area (Å²) in [5.41, 5.74) is 1.77. The number of Topliss-reactive ketones (excluding diaryl/α,β-unsaturated/α-hetero) is 1. The van der Waals surface area contributed by atoms with Gasteiger partial charge in [0.05, 0.1) is 19.7 Å². The van der Waals surface area contributed by atoms with Gasteiger partial charge in [-0.2, -0.15) is 5.26 Å². The zero-order chi connectivity index (χ0) is 19.8. The van der Waals surface area contributed by atoms with E-state index in [1.165, 1.54) is 0 Å². The van der Waals surface area contributed by atoms with Gasteiger partial charge in [0.15, 0.2) is 17.4 Å². The van der Waals surface area contributed by atoms with Crippen LogP contribution in [0.15, 0.2) is 30.3 Å². The third-order valence-corrected chi connectivity index (χ3v) is 12.6. The molecule has 2 nitrogen and oxygen atoms in total. The Morgan fingerprint density at radius 1 is 1.15 bits per heavy atom. The van der Waals surface area contributed by atoms with Gasteiger partial charge in [-0.1, -0.05) is 51.0 Å². The van der Waals surface area contributed by atoms with Crippen LogP contribution in [0.1, 0.15) is 42.3 Å². The summed E-state index contributed by atoms with van der Waals surface area (Å²) in [6.07, 6.45) is 0.471. The van der Waals surface area contributed by atoms with E-state index in [2.05, 4.69) is 20.8 Å². The molecule has 0 spiro atoms. The molecule has 0 N–H and O–H groups in total. The molecule has 140 valence electrons. The SMILES string of the molecule is CC[Si](CC)(CC)C1Cc2c(cc(F)c(F)c2-c2cccc(C#N)c2)C1=O. The highest BCUT2D eigenvalue weighted by molar-refractivity contribution is 6.84. The summed E-state index contributed by atoms with van der Waals surface area (Å²) < 4.78 is 29.2. The summed E-state index contributed by atoms with van der Waals surface area (Å²) in [4.78, 5) is 13.2. The van der Waals surface area contributed by atoms with Crippen molar-refractivity contribution < 1.29 is 13.6 Å². The van der Waals surface area contributed by atoms with Gasteiger partial charge in [0, 0.05) is 16.7 Å². The van der Waals surface area contributed by atoms with Gasteiger partial charge in [-0.25, -0.2) is 8.78 Å². The van der Waals surface area contributed by atoms with Crippen LogP contribution in [-0.4, -0.2) is 13.9 Å². The molecule has 0 amide bonds. The minimum atomic E-state index is -1.87. The monoisotopic (exact) mass is 383 g/mol. The van der Waals surface area contributed by atoms with Crippen LogP contribution in [0.4, 0.5) is 8.78 Å². The van der Waals surface area contributed by atoms with E-state index >= 15 is 0 Å². The first-order valence-corrected chi connectivity index (χ1v) is 12.2. The molecule has 0 aliphatic heterocycles. The zero-order valence-electron chi connectivity index (χ0n) is 15.9. The number of ketones is 1. The summed E-state index contributed by atoms with van der Waals surface area (Å²) >= 11 is 0. The lowest BCUT2D eigenvalue weighted by molar-refractivity contribution is 0.0991. The average Bonchev–Trinajstić information content (AvgIpc) is 3.01. The van der Waals surface area contributed by atoms with Crippen molar-refractivity contribution in [2.24, 2.45) is 0 Å². The second-order valence-electron chi connectivity index (χ2n) is 7.31. The van der Waals surface area contributed by atoms with Gasteiger partial charge in [0.2, 0.25) is 0 Å². The number of carbonyl (C=O) groups excluding carboxylic acids is 1. The number of benzene rings is 2. The number of fused-ring (bicyclic) bond motifs is 1. The molecule has 0 fully saturated rings. The molecule has 27 heavy (non-hydrogen) atoms. The molecule has 0 saturated heterocycles. The number of halogens is 2. The van der Waals surface area contributed by atoms with Gasteiger partial charge in [-0.3, -0.25) is 4.79 Å². The van der Waals surface area contributed by atoms with Crippen LogP contribution in [0.3, 0.4) is 0 Å². The Bertz CT molecular complexity index is 936. The molecule has 1 unspecified atom stereocenters. The first-order chi connectivity index (χ1) is 12.9. The topological polar surface area (TPSA) is 40.9 Å². The van der Waals surface area contributed by atoms with E-state index < -0.39 is 19.7 Å². The highest BCUT2D eigenvalue weighted by Gasteiger charge is 2.46. The number of hydrogen-bond acceptors (Lipinski definition) is 2. The Morgan fingerprint density at radius 2 is 1.81 bits per heavy atom. The van der Waals surface area contributed by atoms with Gasteiger partial charge in [0.25, 0.3) is 0 Å². The lowest BCUT2D eigenvalue weighted by Gasteiger charge is -2.33. The fourth-order valence-electron chi connectivity index (χ4n) is 4.61. The second kappa shape index (κ2) is 7.36. The molecule has 1 atom stereocenters. The molecule has 0 saturated carbocycles. The summed E-state index contributed by atoms with van der Waals surface area (Å²) in [6, 6.07) is 12.5. The molecule has 1 aliphatic carbocycles. The van der Waals surface area contributed by atoms with E-state index in [4.69, 9.17) is 5.26 Å². The van der Waals surface area contributed by atoms with Crippen LogP contribution in [0, 0.1) is 23.0 Å². The van der Waals surface area contributed by atoms with Crippen molar-refractivity contribution in [2.45, 2.75) is 50.9 Å². The maximum atomic E-state index is 14.8. The van der Waals surface area contributed by atoms with Crippen molar-refractivity contribution in [2.75, 3.05) is 0 Å². The Labute approximate surface area is 159 Å². The first-order valence-electron chi connectivity index (χ1n) is 9.48. The number of carbonyl (C=O) groups is 1. The van der Waals surface area contributed by atoms with Gasteiger partial charge in [0.1, 0.15) is 0 Å². The Balaban J connectivity index is 2.21. The standard InChI is InChI=1S/C22H23F2NOSi/c1-4-27(5-2,6-3)19-12-16-17(22(19)26)11-18(23)21(24)20(16)15-9-7-8-14(10-15)13-25/h7-11,19H,4-6,12H2,1-3H3. The number of nitriles is 1. The maximum Gasteiger partial charge on any atom is 0.166 e. The van der Waals surface area contributed by atoms with Crippen molar-refractivity contribution in [1.82, 2.24) is 0 Å². The smallest absolute Gasteiger partial charge is 0.166 e. The van der Waals surface area contributed by atoms with Crippen molar-refractivity contribution >= 4 is 13.9 Å². The molecule has 3 rings (SSSR count). The van der Waals surface area contributed by atoms with E-state index in [9.17, 15) is 13.6 Å². The molecular weight excluding hydrogens is 360 g/mol.